The molecule has 0 aromatic rings. The van der Waals surface area contributed by atoms with E-state index in [1.165, 1.54) is 103 Å². The molecule has 0 spiro atoms. The maximum Gasteiger partial charge on any atom is 0.472 e. The number of unbranched alkanes of at least 4 members (excludes halogenated alkanes) is 21. The lowest BCUT2D eigenvalue weighted by atomic mass is 10.0. The van der Waals surface area contributed by atoms with Gasteiger partial charge >= 0.3 is 19.8 Å². The second-order valence-electron chi connectivity index (χ2n) is 15.4. The fourth-order valence-corrected chi connectivity index (χ4v) is 7.01. The standard InChI is InChI=1S/C47H85O10P/c1-3-5-7-9-11-13-15-17-19-20-21-22-23-25-26-28-30-32-34-36-38-46(50)54-42-45(43-56-58(52,53)55-41-44(49)40-48)57-47(51)39-37-35-33-31-29-27-24-18-16-14-12-10-8-6-4-2/h6,8,12,14,18,24,29,31,44-45,48-49H,3-5,7,9-11,13,15-17,19-23,25-28,30,32-43H2,1-2H3,(H,52,53)/b8-6+,14-12+,24-18+,31-29+/t44-,45-/m1/s1. The zero-order chi connectivity index (χ0) is 42.6. The summed E-state index contributed by atoms with van der Waals surface area (Å²) in [5.74, 6) is -0.968. The summed E-state index contributed by atoms with van der Waals surface area (Å²) in [4.78, 5) is 35.0. The highest BCUT2D eigenvalue weighted by molar-refractivity contribution is 7.47. The molecule has 58 heavy (non-hydrogen) atoms. The Morgan fingerprint density at radius 1 is 0.534 bits per heavy atom. The molecule has 0 aromatic heterocycles. The predicted molar refractivity (Wildman–Crippen MR) is 237 cm³/mol. The number of aliphatic hydroxyl groups is 2. The first-order valence-corrected chi connectivity index (χ1v) is 24.6. The number of ether oxygens (including phenoxy) is 2. The van der Waals surface area contributed by atoms with Crippen LogP contribution in [0.2, 0.25) is 0 Å². The number of phosphoric ester groups is 1. The van der Waals surface area contributed by atoms with E-state index in [1.54, 1.807) is 0 Å². The number of carbonyl (C=O) groups excluding carboxylic acids is 2. The van der Waals surface area contributed by atoms with Gasteiger partial charge < -0.3 is 24.6 Å². The van der Waals surface area contributed by atoms with Crippen LogP contribution in [0.5, 0.6) is 0 Å². The fourth-order valence-electron chi connectivity index (χ4n) is 6.22. The summed E-state index contributed by atoms with van der Waals surface area (Å²) in [5.41, 5.74) is 0. The van der Waals surface area contributed by atoms with E-state index in [0.717, 1.165) is 57.8 Å². The number of allylic oxidation sites excluding steroid dienone is 8. The van der Waals surface area contributed by atoms with Crippen molar-refractivity contribution >= 4 is 19.8 Å². The van der Waals surface area contributed by atoms with Gasteiger partial charge in [-0.15, -0.1) is 0 Å². The smallest absolute Gasteiger partial charge is 0.462 e. The summed E-state index contributed by atoms with van der Waals surface area (Å²) in [6.45, 7) is 2.24. The van der Waals surface area contributed by atoms with E-state index in [0.29, 0.717) is 12.8 Å². The van der Waals surface area contributed by atoms with Gasteiger partial charge in [-0.25, -0.2) is 4.57 Å². The molecule has 0 aliphatic rings. The van der Waals surface area contributed by atoms with Crippen LogP contribution < -0.4 is 0 Å². The van der Waals surface area contributed by atoms with Crippen molar-refractivity contribution in [1.29, 1.82) is 0 Å². The number of esters is 2. The molecule has 0 saturated heterocycles. The number of hydrogen-bond acceptors (Lipinski definition) is 9. The van der Waals surface area contributed by atoms with Gasteiger partial charge in [-0.3, -0.25) is 18.6 Å². The molecule has 3 N–H and O–H groups in total. The summed E-state index contributed by atoms with van der Waals surface area (Å²) in [5, 5.41) is 18.3. The molecule has 0 aliphatic heterocycles. The average molecular weight is 841 g/mol. The minimum Gasteiger partial charge on any atom is -0.462 e. The molecule has 11 heteroatoms. The van der Waals surface area contributed by atoms with Crippen LogP contribution >= 0.6 is 7.82 Å². The van der Waals surface area contributed by atoms with Crippen molar-refractivity contribution in [3.8, 4) is 0 Å². The van der Waals surface area contributed by atoms with E-state index in [2.05, 4.69) is 67.0 Å². The fraction of sp³-hybridized carbons (Fsp3) is 0.787. The minimum atomic E-state index is -4.63. The van der Waals surface area contributed by atoms with Crippen LogP contribution in [0.3, 0.4) is 0 Å². The number of hydrogen-bond donors (Lipinski definition) is 3. The summed E-state index contributed by atoms with van der Waals surface area (Å²) in [6.07, 6.45) is 46.6. The Balaban J connectivity index is 4.25. The van der Waals surface area contributed by atoms with Gasteiger partial charge in [0.05, 0.1) is 19.8 Å². The highest BCUT2D eigenvalue weighted by Crippen LogP contribution is 2.43. The van der Waals surface area contributed by atoms with Gasteiger partial charge in [0.15, 0.2) is 6.10 Å². The Hall–Kier alpha value is -2.07. The van der Waals surface area contributed by atoms with Crippen LogP contribution in [0.4, 0.5) is 0 Å². The molecule has 10 nitrogen and oxygen atoms in total. The Kier molecular flexibility index (Phi) is 41.5. The van der Waals surface area contributed by atoms with E-state index in [4.69, 9.17) is 19.1 Å². The van der Waals surface area contributed by atoms with Crippen LogP contribution in [0, 0.1) is 0 Å². The van der Waals surface area contributed by atoms with Crippen LogP contribution in [-0.2, 0) is 32.7 Å². The Morgan fingerprint density at radius 3 is 1.43 bits per heavy atom. The predicted octanol–water partition coefficient (Wildman–Crippen LogP) is 12.5. The first-order valence-electron chi connectivity index (χ1n) is 23.1. The molecule has 0 fully saturated rings. The molecule has 0 radical (unpaired) electrons. The van der Waals surface area contributed by atoms with Crippen molar-refractivity contribution in [2.75, 3.05) is 26.4 Å². The highest BCUT2D eigenvalue weighted by atomic mass is 31.2. The third-order valence-corrected chi connectivity index (χ3v) is 10.7. The number of rotatable bonds is 43. The van der Waals surface area contributed by atoms with Crippen LogP contribution in [-0.4, -0.2) is 65.7 Å². The second kappa shape index (κ2) is 43.0. The van der Waals surface area contributed by atoms with Crippen LogP contribution in [0.1, 0.15) is 200 Å². The Bertz CT molecular complexity index is 1110. The Morgan fingerprint density at radius 2 is 0.948 bits per heavy atom. The lowest BCUT2D eigenvalue weighted by Crippen LogP contribution is -2.29. The van der Waals surface area contributed by atoms with Crippen LogP contribution in [0.25, 0.3) is 0 Å². The lowest BCUT2D eigenvalue weighted by Gasteiger charge is -2.20. The third kappa shape index (κ3) is 42.1. The van der Waals surface area contributed by atoms with Crippen LogP contribution in [0.15, 0.2) is 48.6 Å². The molecule has 0 saturated carbocycles. The van der Waals surface area contributed by atoms with Crippen molar-refractivity contribution in [2.45, 2.75) is 212 Å². The summed E-state index contributed by atoms with van der Waals surface area (Å²) < 4.78 is 32.7. The number of carbonyl (C=O) groups is 2. The zero-order valence-corrected chi connectivity index (χ0v) is 37.6. The topological polar surface area (TPSA) is 149 Å². The van der Waals surface area contributed by atoms with Gasteiger partial charge in [-0.2, -0.15) is 0 Å². The molecular weight excluding hydrogens is 755 g/mol. The maximum absolute atomic E-state index is 12.6. The van der Waals surface area contributed by atoms with Gasteiger partial charge in [0.25, 0.3) is 0 Å². The Labute approximate surface area is 353 Å². The van der Waals surface area contributed by atoms with Crippen molar-refractivity contribution in [2.24, 2.45) is 0 Å². The van der Waals surface area contributed by atoms with Gasteiger partial charge in [0.2, 0.25) is 0 Å². The molecule has 0 heterocycles. The van der Waals surface area contributed by atoms with Gasteiger partial charge in [0, 0.05) is 12.8 Å². The van der Waals surface area contributed by atoms with Gasteiger partial charge in [-0.05, 0) is 51.4 Å². The molecule has 0 bridgehead atoms. The highest BCUT2D eigenvalue weighted by Gasteiger charge is 2.27. The van der Waals surface area contributed by atoms with E-state index in [-0.39, 0.29) is 19.4 Å². The molecular formula is C47H85O10P. The summed E-state index contributed by atoms with van der Waals surface area (Å²) >= 11 is 0. The summed E-state index contributed by atoms with van der Waals surface area (Å²) in [6, 6.07) is 0. The first-order chi connectivity index (χ1) is 28.2. The number of phosphoric acid groups is 1. The first kappa shape index (κ1) is 55.9. The minimum absolute atomic E-state index is 0.132. The third-order valence-electron chi connectivity index (χ3n) is 9.75. The van der Waals surface area contributed by atoms with E-state index in [9.17, 15) is 24.2 Å². The molecule has 0 amide bonds. The zero-order valence-electron chi connectivity index (χ0n) is 36.8. The maximum atomic E-state index is 12.6. The lowest BCUT2D eigenvalue weighted by molar-refractivity contribution is -0.161. The van der Waals surface area contributed by atoms with Crippen molar-refractivity contribution in [3.05, 3.63) is 48.6 Å². The van der Waals surface area contributed by atoms with Crippen molar-refractivity contribution < 1.29 is 47.8 Å². The largest absolute Gasteiger partial charge is 0.472 e. The molecule has 1 unspecified atom stereocenters. The van der Waals surface area contributed by atoms with Gasteiger partial charge in [-0.1, -0.05) is 184 Å². The van der Waals surface area contributed by atoms with Crippen molar-refractivity contribution in [3.63, 3.8) is 0 Å². The van der Waals surface area contributed by atoms with Gasteiger partial charge in [0.1, 0.15) is 12.7 Å². The summed E-state index contributed by atoms with van der Waals surface area (Å²) in [7, 11) is -4.63. The monoisotopic (exact) mass is 841 g/mol. The van der Waals surface area contributed by atoms with E-state index >= 15 is 0 Å². The molecule has 0 aromatic carbocycles. The second-order valence-corrected chi connectivity index (χ2v) is 16.9. The average Bonchev–Trinajstić information content (AvgIpc) is 3.21. The van der Waals surface area contributed by atoms with Crippen molar-refractivity contribution in [1.82, 2.24) is 0 Å². The molecule has 0 rings (SSSR count). The molecule has 3 atom stereocenters. The number of aliphatic hydroxyl groups excluding tert-OH is 2. The molecule has 0 aliphatic carbocycles. The molecule has 338 valence electrons. The van der Waals surface area contributed by atoms with E-state index < -0.39 is 51.8 Å². The quantitative estimate of drug-likeness (QED) is 0.0234. The van der Waals surface area contributed by atoms with E-state index in [1.807, 2.05) is 0 Å². The normalized spacial score (nSPS) is 14.2. The SMILES string of the molecule is CC/C=C/C/C=C/C/C=C/C/C=C/CCCCC(=O)O[C@H](COC(=O)CCCCCCCCCCCCCCCCCCCCCC)COP(=O)(O)OC[C@H](O)CO.